The summed E-state index contributed by atoms with van der Waals surface area (Å²) in [6.07, 6.45) is 1.78. The Morgan fingerprint density at radius 3 is 2.62 bits per heavy atom. The van der Waals surface area contributed by atoms with Crippen LogP contribution in [-0.4, -0.2) is 30.6 Å². The van der Waals surface area contributed by atoms with Crippen molar-refractivity contribution in [2.45, 2.75) is 24.9 Å². The average molecular weight is 409 g/mol. The quantitative estimate of drug-likeness (QED) is 0.637. The summed E-state index contributed by atoms with van der Waals surface area (Å²) in [5, 5.41) is 5.10. The third-order valence-corrected chi connectivity index (χ3v) is 6.05. The highest BCUT2D eigenvalue weighted by Gasteiger charge is 2.35. The molecular weight excluding hydrogens is 384 g/mol. The number of amides is 1. The molecule has 0 spiro atoms. The summed E-state index contributed by atoms with van der Waals surface area (Å²) in [6.45, 7) is 2.33. The van der Waals surface area contributed by atoms with Gasteiger partial charge < -0.3 is 14.8 Å². The standard InChI is InChI=1S/C23H24N2O3S/c26-22(20-8-4-5-9-21(20)28-14-19-15-29-17-25-19)24-16-23(10-12-27-13-11-23)18-6-2-1-3-7-18/h1-9,15,17H,10-14,16H2,(H,24,26). The predicted octanol–water partition coefficient (Wildman–Crippen LogP) is 4.20. The van der Waals surface area contributed by atoms with Crippen molar-refractivity contribution in [2.75, 3.05) is 19.8 Å². The van der Waals surface area contributed by atoms with Gasteiger partial charge >= 0.3 is 0 Å². The topological polar surface area (TPSA) is 60.5 Å². The molecule has 0 atom stereocenters. The number of thiazole rings is 1. The smallest absolute Gasteiger partial charge is 0.255 e. The van der Waals surface area contributed by atoms with Crippen LogP contribution in [0.3, 0.4) is 0 Å². The molecule has 0 unspecified atom stereocenters. The molecule has 150 valence electrons. The maximum atomic E-state index is 13.0. The van der Waals surface area contributed by atoms with E-state index in [4.69, 9.17) is 9.47 Å². The molecule has 4 rings (SSSR count). The van der Waals surface area contributed by atoms with Gasteiger partial charge in [0.1, 0.15) is 12.4 Å². The molecule has 29 heavy (non-hydrogen) atoms. The van der Waals surface area contributed by atoms with Gasteiger partial charge in [0, 0.05) is 30.6 Å². The molecule has 0 saturated carbocycles. The van der Waals surface area contributed by atoms with E-state index in [1.54, 1.807) is 11.6 Å². The molecule has 1 aliphatic heterocycles. The first kappa shape index (κ1) is 19.6. The summed E-state index contributed by atoms with van der Waals surface area (Å²) in [5.74, 6) is 0.444. The van der Waals surface area contributed by atoms with E-state index >= 15 is 0 Å². The zero-order valence-corrected chi connectivity index (χ0v) is 17.0. The van der Waals surface area contributed by atoms with Gasteiger partial charge in [0.05, 0.1) is 16.8 Å². The van der Waals surface area contributed by atoms with Crippen LogP contribution in [0.4, 0.5) is 0 Å². The minimum absolute atomic E-state index is 0.106. The third kappa shape index (κ3) is 4.66. The second-order valence-corrected chi connectivity index (χ2v) is 7.92. The molecule has 5 nitrogen and oxygen atoms in total. The normalized spacial score (nSPS) is 15.6. The molecular formula is C23H24N2O3S. The van der Waals surface area contributed by atoms with E-state index in [1.165, 1.54) is 16.9 Å². The van der Waals surface area contributed by atoms with Crippen LogP contribution in [0.2, 0.25) is 0 Å². The largest absolute Gasteiger partial charge is 0.486 e. The molecule has 1 fully saturated rings. The molecule has 1 aromatic heterocycles. The van der Waals surface area contributed by atoms with E-state index < -0.39 is 0 Å². The lowest BCUT2D eigenvalue weighted by Crippen LogP contribution is -2.44. The first-order valence-corrected chi connectivity index (χ1v) is 10.7. The molecule has 0 aliphatic carbocycles. The first-order chi connectivity index (χ1) is 14.3. The number of hydrogen-bond donors (Lipinski definition) is 1. The lowest BCUT2D eigenvalue weighted by molar-refractivity contribution is 0.0487. The van der Waals surface area contributed by atoms with Crippen molar-refractivity contribution in [2.24, 2.45) is 0 Å². The fraction of sp³-hybridized carbons (Fsp3) is 0.304. The molecule has 6 heteroatoms. The van der Waals surface area contributed by atoms with Crippen molar-refractivity contribution < 1.29 is 14.3 Å². The summed E-state index contributed by atoms with van der Waals surface area (Å²) in [4.78, 5) is 17.2. The highest BCUT2D eigenvalue weighted by atomic mass is 32.1. The van der Waals surface area contributed by atoms with Gasteiger partial charge in [-0.25, -0.2) is 4.98 Å². The van der Waals surface area contributed by atoms with E-state index in [0.717, 1.165) is 18.5 Å². The van der Waals surface area contributed by atoms with Gasteiger partial charge in [0.2, 0.25) is 0 Å². The molecule has 1 saturated heterocycles. The van der Waals surface area contributed by atoms with Crippen LogP contribution in [-0.2, 0) is 16.8 Å². The molecule has 2 heterocycles. The summed E-state index contributed by atoms with van der Waals surface area (Å²) in [7, 11) is 0. The minimum Gasteiger partial charge on any atom is -0.486 e. The van der Waals surface area contributed by atoms with Gasteiger partial charge in [0.25, 0.3) is 5.91 Å². The molecule has 3 aromatic rings. The number of hydrogen-bond acceptors (Lipinski definition) is 5. The second-order valence-electron chi connectivity index (χ2n) is 7.21. The lowest BCUT2D eigenvalue weighted by atomic mass is 9.74. The Kier molecular flexibility index (Phi) is 6.22. The number of ether oxygens (including phenoxy) is 2. The van der Waals surface area contributed by atoms with Crippen LogP contribution in [0.25, 0.3) is 0 Å². The zero-order chi connectivity index (χ0) is 19.9. The van der Waals surface area contributed by atoms with Gasteiger partial charge in [0.15, 0.2) is 0 Å². The van der Waals surface area contributed by atoms with Crippen molar-refractivity contribution in [1.82, 2.24) is 10.3 Å². The molecule has 0 radical (unpaired) electrons. The minimum atomic E-state index is -0.124. The highest BCUT2D eigenvalue weighted by Crippen LogP contribution is 2.34. The van der Waals surface area contributed by atoms with Gasteiger partial charge in [-0.3, -0.25) is 4.79 Å². The monoisotopic (exact) mass is 408 g/mol. The van der Waals surface area contributed by atoms with Crippen molar-refractivity contribution >= 4 is 17.2 Å². The number of carbonyl (C=O) groups is 1. The molecule has 2 aromatic carbocycles. The summed E-state index contributed by atoms with van der Waals surface area (Å²) >= 11 is 1.53. The predicted molar refractivity (Wildman–Crippen MR) is 113 cm³/mol. The van der Waals surface area contributed by atoms with E-state index in [0.29, 0.717) is 37.7 Å². The molecule has 1 aliphatic rings. The van der Waals surface area contributed by atoms with Gasteiger partial charge in [-0.2, -0.15) is 0 Å². The van der Waals surface area contributed by atoms with Crippen LogP contribution < -0.4 is 10.1 Å². The number of nitrogens with one attached hydrogen (secondary N) is 1. The fourth-order valence-corrected chi connectivity index (χ4v) is 4.25. The molecule has 0 bridgehead atoms. The van der Waals surface area contributed by atoms with Gasteiger partial charge in [-0.1, -0.05) is 42.5 Å². The maximum absolute atomic E-state index is 13.0. The number of rotatable bonds is 7. The number of carbonyl (C=O) groups excluding carboxylic acids is 1. The van der Waals surface area contributed by atoms with Crippen LogP contribution in [0.15, 0.2) is 65.5 Å². The van der Waals surface area contributed by atoms with E-state index in [-0.39, 0.29) is 11.3 Å². The van der Waals surface area contributed by atoms with Gasteiger partial charge in [-0.05, 0) is 30.5 Å². The average Bonchev–Trinajstić information content (AvgIpc) is 3.31. The molecule has 1 N–H and O–H groups in total. The lowest BCUT2D eigenvalue weighted by Gasteiger charge is -2.38. The summed E-state index contributed by atoms with van der Waals surface area (Å²) < 4.78 is 11.5. The van der Waals surface area contributed by atoms with Crippen LogP contribution in [0, 0.1) is 0 Å². The summed E-state index contributed by atoms with van der Waals surface area (Å²) in [6, 6.07) is 17.7. The number of para-hydroxylation sites is 1. The van der Waals surface area contributed by atoms with Crippen LogP contribution >= 0.6 is 11.3 Å². The Morgan fingerprint density at radius 1 is 1.10 bits per heavy atom. The Bertz CT molecular complexity index is 922. The van der Waals surface area contributed by atoms with E-state index in [2.05, 4.69) is 34.6 Å². The van der Waals surface area contributed by atoms with Crippen molar-refractivity contribution in [3.63, 3.8) is 0 Å². The fourth-order valence-electron chi connectivity index (χ4n) is 3.71. The molecule has 1 amide bonds. The Balaban J connectivity index is 1.47. The van der Waals surface area contributed by atoms with Gasteiger partial charge in [-0.15, -0.1) is 11.3 Å². The maximum Gasteiger partial charge on any atom is 0.255 e. The van der Waals surface area contributed by atoms with Crippen molar-refractivity contribution in [3.05, 3.63) is 82.3 Å². The Morgan fingerprint density at radius 2 is 1.86 bits per heavy atom. The van der Waals surface area contributed by atoms with Crippen molar-refractivity contribution in [3.8, 4) is 5.75 Å². The van der Waals surface area contributed by atoms with E-state index in [9.17, 15) is 4.79 Å². The highest BCUT2D eigenvalue weighted by molar-refractivity contribution is 7.07. The second kappa shape index (κ2) is 9.20. The van der Waals surface area contributed by atoms with E-state index in [1.807, 2.05) is 29.6 Å². The number of nitrogens with zero attached hydrogens (tertiary/aromatic N) is 1. The first-order valence-electron chi connectivity index (χ1n) is 9.77. The van der Waals surface area contributed by atoms with Crippen LogP contribution in [0.5, 0.6) is 5.75 Å². The Labute approximate surface area is 174 Å². The SMILES string of the molecule is O=C(NCC1(c2ccccc2)CCOCC1)c1ccccc1OCc1cscn1. The van der Waals surface area contributed by atoms with Crippen LogP contribution in [0.1, 0.15) is 34.5 Å². The number of benzene rings is 2. The Hall–Kier alpha value is -2.70. The summed E-state index contributed by atoms with van der Waals surface area (Å²) in [5.41, 5.74) is 4.31. The van der Waals surface area contributed by atoms with Crippen molar-refractivity contribution in [1.29, 1.82) is 0 Å². The number of aromatic nitrogens is 1. The third-order valence-electron chi connectivity index (χ3n) is 5.41. The zero-order valence-electron chi connectivity index (χ0n) is 16.2.